The van der Waals surface area contributed by atoms with E-state index in [1.54, 1.807) is 12.1 Å². The molecule has 82 valence electrons. The lowest BCUT2D eigenvalue weighted by Crippen LogP contribution is -2.33. The minimum Gasteiger partial charge on any atom is -0.475 e. The number of benzene rings is 1. The lowest BCUT2D eigenvalue weighted by atomic mass is 9.80. The zero-order chi connectivity index (χ0) is 11.7. The highest BCUT2D eigenvalue weighted by molar-refractivity contribution is 6.39. The van der Waals surface area contributed by atoms with Crippen LogP contribution in [0.5, 0.6) is 0 Å². The van der Waals surface area contributed by atoms with Crippen LogP contribution in [-0.4, -0.2) is 22.6 Å². The van der Waals surface area contributed by atoms with Gasteiger partial charge in [0.2, 0.25) is 0 Å². The van der Waals surface area contributed by atoms with Crippen molar-refractivity contribution in [3.05, 3.63) is 35.4 Å². The molecule has 0 radical (unpaired) electrons. The number of carboxylic acid groups (broad SMARTS) is 1. The van der Waals surface area contributed by atoms with Crippen LogP contribution in [0, 0.1) is 5.92 Å². The Hall–Kier alpha value is -1.97. The monoisotopic (exact) mass is 218 g/mol. The lowest BCUT2D eigenvalue weighted by Gasteiger charge is -2.20. The van der Waals surface area contributed by atoms with Crippen molar-refractivity contribution in [2.24, 2.45) is 5.92 Å². The summed E-state index contributed by atoms with van der Waals surface area (Å²) in [6.07, 6.45) is 0.868. The number of ketones is 2. The highest BCUT2D eigenvalue weighted by Gasteiger charge is 2.35. The molecular formula is C12H10O4. The molecule has 1 N–H and O–H groups in total. The molecular weight excluding hydrogens is 208 g/mol. The summed E-state index contributed by atoms with van der Waals surface area (Å²) in [5.41, 5.74) is 1.37. The maximum Gasteiger partial charge on any atom is 0.372 e. The average molecular weight is 218 g/mol. The molecule has 0 spiro atoms. The Morgan fingerprint density at radius 3 is 2.62 bits per heavy atom. The van der Waals surface area contributed by atoms with Crippen LogP contribution in [0.15, 0.2) is 24.3 Å². The predicted molar refractivity (Wildman–Crippen MR) is 55.2 cm³/mol. The first-order valence-electron chi connectivity index (χ1n) is 5.00. The van der Waals surface area contributed by atoms with Crippen LogP contribution in [0.4, 0.5) is 0 Å². The SMILES string of the molecule is O=C(O)C(=O)C1CCc2ccccc2C1=O. The molecule has 0 fully saturated rings. The van der Waals surface area contributed by atoms with E-state index in [1.165, 1.54) is 0 Å². The van der Waals surface area contributed by atoms with E-state index < -0.39 is 17.7 Å². The molecule has 0 aromatic heterocycles. The van der Waals surface area contributed by atoms with Gasteiger partial charge >= 0.3 is 5.97 Å². The molecule has 0 heterocycles. The van der Waals surface area contributed by atoms with Gasteiger partial charge in [-0.05, 0) is 18.4 Å². The molecule has 4 heteroatoms. The van der Waals surface area contributed by atoms with Crippen LogP contribution in [0.3, 0.4) is 0 Å². The van der Waals surface area contributed by atoms with Crippen molar-refractivity contribution in [3.8, 4) is 0 Å². The lowest BCUT2D eigenvalue weighted by molar-refractivity contribution is -0.150. The first-order valence-corrected chi connectivity index (χ1v) is 5.00. The average Bonchev–Trinajstić information content (AvgIpc) is 2.29. The summed E-state index contributed by atoms with van der Waals surface area (Å²) in [7, 11) is 0. The molecule has 1 aromatic carbocycles. The minimum absolute atomic E-state index is 0.293. The minimum atomic E-state index is -1.53. The molecule has 0 aliphatic heterocycles. The van der Waals surface area contributed by atoms with E-state index in [9.17, 15) is 14.4 Å². The zero-order valence-corrected chi connectivity index (χ0v) is 8.47. The Morgan fingerprint density at radius 1 is 1.25 bits per heavy atom. The van der Waals surface area contributed by atoms with Crippen LogP contribution >= 0.6 is 0 Å². The normalized spacial score (nSPS) is 19.0. The van der Waals surface area contributed by atoms with Crippen LogP contribution in [0.1, 0.15) is 22.3 Å². The molecule has 0 amide bonds. The molecule has 0 saturated heterocycles. The fourth-order valence-electron chi connectivity index (χ4n) is 2.00. The summed E-state index contributed by atoms with van der Waals surface area (Å²) in [6.45, 7) is 0. The zero-order valence-electron chi connectivity index (χ0n) is 8.47. The Balaban J connectivity index is 2.35. The van der Waals surface area contributed by atoms with Crippen LogP contribution in [-0.2, 0) is 16.0 Å². The van der Waals surface area contributed by atoms with Gasteiger partial charge in [-0.15, -0.1) is 0 Å². The fraction of sp³-hybridized carbons (Fsp3) is 0.250. The van der Waals surface area contributed by atoms with Crippen molar-refractivity contribution in [1.29, 1.82) is 0 Å². The maximum absolute atomic E-state index is 11.9. The number of carboxylic acids is 1. The second-order valence-corrected chi connectivity index (χ2v) is 3.78. The van der Waals surface area contributed by atoms with E-state index >= 15 is 0 Å². The van der Waals surface area contributed by atoms with E-state index in [1.807, 2.05) is 12.1 Å². The van der Waals surface area contributed by atoms with Crippen LogP contribution < -0.4 is 0 Å². The van der Waals surface area contributed by atoms with Crippen LogP contribution in [0.25, 0.3) is 0 Å². The standard InChI is InChI=1S/C12H10O4/c13-10-8-4-2-1-3-7(8)5-6-9(10)11(14)12(15)16/h1-4,9H,5-6H2,(H,15,16). The van der Waals surface area contributed by atoms with E-state index in [-0.39, 0.29) is 5.78 Å². The molecule has 1 atom stereocenters. The molecule has 0 bridgehead atoms. The smallest absolute Gasteiger partial charge is 0.372 e. The third kappa shape index (κ3) is 1.62. The van der Waals surface area contributed by atoms with E-state index in [0.29, 0.717) is 18.4 Å². The Morgan fingerprint density at radius 2 is 1.94 bits per heavy atom. The van der Waals surface area contributed by atoms with Gasteiger partial charge < -0.3 is 5.11 Å². The van der Waals surface area contributed by atoms with E-state index in [4.69, 9.17) is 5.11 Å². The summed E-state index contributed by atoms with van der Waals surface area (Å²) in [5, 5.41) is 8.60. The Kier molecular flexibility index (Phi) is 2.56. The molecule has 4 nitrogen and oxygen atoms in total. The van der Waals surface area contributed by atoms with Crippen LogP contribution in [0.2, 0.25) is 0 Å². The van der Waals surface area contributed by atoms with Gasteiger partial charge in [-0.1, -0.05) is 24.3 Å². The Bertz CT molecular complexity index is 476. The molecule has 2 rings (SSSR count). The van der Waals surface area contributed by atoms with Gasteiger partial charge in [-0.2, -0.15) is 0 Å². The first kappa shape index (κ1) is 10.5. The van der Waals surface area contributed by atoms with Gasteiger partial charge in [0.1, 0.15) is 0 Å². The van der Waals surface area contributed by atoms with Crippen molar-refractivity contribution < 1.29 is 19.5 Å². The Labute approximate surface area is 91.9 Å². The molecule has 1 aromatic rings. The highest BCUT2D eigenvalue weighted by Crippen LogP contribution is 2.25. The number of Topliss-reactive ketones (excluding diaryl/α,β-unsaturated/α-hetero) is 2. The van der Waals surface area contributed by atoms with Gasteiger partial charge in [0.15, 0.2) is 5.78 Å². The van der Waals surface area contributed by atoms with Gasteiger partial charge in [0, 0.05) is 5.56 Å². The summed E-state index contributed by atoms with van der Waals surface area (Å²) in [4.78, 5) is 33.7. The first-order chi connectivity index (χ1) is 7.61. The summed E-state index contributed by atoms with van der Waals surface area (Å²) in [5.74, 6) is -3.90. The number of hydrogen-bond donors (Lipinski definition) is 1. The third-order valence-corrected chi connectivity index (χ3v) is 2.83. The molecule has 1 aliphatic carbocycles. The summed E-state index contributed by atoms with van der Waals surface area (Å²) >= 11 is 0. The maximum atomic E-state index is 11.9. The summed E-state index contributed by atoms with van der Waals surface area (Å²) < 4.78 is 0. The topological polar surface area (TPSA) is 71.4 Å². The number of fused-ring (bicyclic) bond motifs is 1. The van der Waals surface area contributed by atoms with E-state index in [2.05, 4.69) is 0 Å². The molecule has 16 heavy (non-hydrogen) atoms. The summed E-state index contributed by atoms with van der Waals surface area (Å²) in [6, 6.07) is 7.00. The molecule has 0 saturated carbocycles. The number of hydrogen-bond acceptors (Lipinski definition) is 3. The van der Waals surface area contributed by atoms with Gasteiger partial charge in [0.25, 0.3) is 5.78 Å². The number of carbonyl (C=O) groups is 3. The quantitative estimate of drug-likeness (QED) is 0.595. The number of aliphatic carboxylic acids is 1. The van der Waals surface area contributed by atoms with Crippen molar-refractivity contribution in [2.75, 3.05) is 0 Å². The fourth-order valence-corrected chi connectivity index (χ4v) is 2.00. The molecule has 1 aliphatic rings. The third-order valence-electron chi connectivity index (χ3n) is 2.83. The second-order valence-electron chi connectivity index (χ2n) is 3.78. The van der Waals surface area contributed by atoms with Gasteiger partial charge in [0.05, 0.1) is 5.92 Å². The van der Waals surface area contributed by atoms with Crippen molar-refractivity contribution in [1.82, 2.24) is 0 Å². The molecule has 1 unspecified atom stereocenters. The highest BCUT2D eigenvalue weighted by atomic mass is 16.4. The van der Waals surface area contributed by atoms with E-state index in [0.717, 1.165) is 5.56 Å². The second kappa shape index (κ2) is 3.89. The largest absolute Gasteiger partial charge is 0.475 e. The number of carbonyl (C=O) groups excluding carboxylic acids is 2. The van der Waals surface area contributed by atoms with Gasteiger partial charge in [-0.25, -0.2) is 4.79 Å². The van der Waals surface area contributed by atoms with Crippen molar-refractivity contribution in [3.63, 3.8) is 0 Å². The predicted octanol–water partition coefficient (Wildman–Crippen LogP) is 1.09. The number of aryl methyl sites for hydroxylation is 1. The van der Waals surface area contributed by atoms with Crippen molar-refractivity contribution >= 4 is 17.5 Å². The number of rotatable bonds is 2. The van der Waals surface area contributed by atoms with Crippen molar-refractivity contribution in [2.45, 2.75) is 12.8 Å². The van der Waals surface area contributed by atoms with Gasteiger partial charge in [-0.3, -0.25) is 9.59 Å².